The minimum Gasteiger partial charge on any atom is -0.493 e. The lowest BCUT2D eigenvalue weighted by Gasteiger charge is -2.16. The first-order valence-electron chi connectivity index (χ1n) is 15.2. The molecule has 2 heterocycles. The summed E-state index contributed by atoms with van der Waals surface area (Å²) in [5, 5.41) is 13.2. The van der Waals surface area contributed by atoms with Crippen LogP contribution in [-0.4, -0.2) is 51.0 Å². The Kier molecular flexibility index (Phi) is 9.58. The summed E-state index contributed by atoms with van der Waals surface area (Å²) in [5.74, 6) is 3.32. The van der Waals surface area contributed by atoms with E-state index in [2.05, 4.69) is 77.1 Å². The number of thioether (sulfide) groups is 1. The van der Waals surface area contributed by atoms with Crippen LogP contribution in [0.2, 0.25) is 0 Å². The van der Waals surface area contributed by atoms with E-state index in [1.807, 2.05) is 22.9 Å². The average Bonchev–Trinajstić information content (AvgIpc) is 3.74. The maximum Gasteiger partial charge on any atom is 0.254 e. The number of aromatic nitrogens is 5. The first kappa shape index (κ1) is 29.9. The van der Waals surface area contributed by atoms with Crippen LogP contribution in [0.15, 0.2) is 78.0 Å². The molecule has 1 N–H and O–H groups in total. The third-order valence-corrected chi connectivity index (χ3v) is 8.78. The van der Waals surface area contributed by atoms with E-state index in [0.29, 0.717) is 64.5 Å². The third kappa shape index (κ3) is 6.97. The van der Waals surface area contributed by atoms with E-state index in [4.69, 9.17) is 24.2 Å². The largest absolute Gasteiger partial charge is 0.493 e. The lowest BCUT2D eigenvalue weighted by Crippen LogP contribution is -2.17. The molecule has 0 unspecified atom stereocenters. The van der Waals surface area contributed by atoms with Gasteiger partial charge in [0.1, 0.15) is 0 Å². The molecule has 2 aromatic heterocycles. The standard InChI is InChI=1S/C34H38N6O3S/c1-4-18-44-34-36-32-30(38-39-40(32)17-11-14-23-12-7-5-8-13-23)33(37-34)43-31-28(41-2)19-24(20-29(31)42-3)22-35-27-21-26(27)25-15-9-6-10-16-25/h5-10,12-13,15-16,19-20,26-27,35H,4,11,14,17-18,21-22H2,1-3H3/t26-,27+/m0/s1. The van der Waals surface area contributed by atoms with Gasteiger partial charge in [0.25, 0.3) is 5.88 Å². The molecule has 0 spiro atoms. The number of fused-ring (bicyclic) bond motifs is 1. The average molecular weight is 611 g/mol. The molecule has 6 rings (SSSR count). The molecule has 44 heavy (non-hydrogen) atoms. The molecule has 0 bridgehead atoms. The number of aryl methyl sites for hydroxylation is 2. The summed E-state index contributed by atoms with van der Waals surface area (Å²) in [6.45, 7) is 3.50. The first-order valence-corrected chi connectivity index (χ1v) is 16.1. The van der Waals surface area contributed by atoms with E-state index in [1.165, 1.54) is 11.1 Å². The zero-order valence-corrected chi connectivity index (χ0v) is 26.2. The summed E-state index contributed by atoms with van der Waals surface area (Å²) in [6.07, 6.45) is 3.98. The second kappa shape index (κ2) is 14.1. The van der Waals surface area contributed by atoms with E-state index < -0.39 is 0 Å². The lowest BCUT2D eigenvalue weighted by atomic mass is 10.1. The maximum atomic E-state index is 6.46. The Bertz CT molecular complexity index is 1660. The van der Waals surface area contributed by atoms with Gasteiger partial charge in [-0.15, -0.1) is 5.10 Å². The molecule has 0 saturated heterocycles. The van der Waals surface area contributed by atoms with Crippen LogP contribution in [0, 0.1) is 0 Å². The highest BCUT2D eigenvalue weighted by atomic mass is 32.2. The molecule has 0 radical (unpaired) electrons. The molecule has 3 aromatic carbocycles. The zero-order valence-electron chi connectivity index (χ0n) is 25.4. The summed E-state index contributed by atoms with van der Waals surface area (Å²) in [4.78, 5) is 9.56. The van der Waals surface area contributed by atoms with E-state index in [1.54, 1.807) is 26.0 Å². The lowest BCUT2D eigenvalue weighted by molar-refractivity contribution is 0.341. The third-order valence-electron chi connectivity index (χ3n) is 7.73. The summed E-state index contributed by atoms with van der Waals surface area (Å²) in [5.41, 5.74) is 4.87. The highest BCUT2D eigenvalue weighted by molar-refractivity contribution is 7.99. The fourth-order valence-corrected chi connectivity index (χ4v) is 6.03. The van der Waals surface area contributed by atoms with Crippen molar-refractivity contribution >= 4 is 22.9 Å². The topological polar surface area (TPSA) is 96.2 Å². The molecule has 1 saturated carbocycles. The molecule has 1 aliphatic rings. The van der Waals surface area contributed by atoms with Gasteiger partial charge in [0.15, 0.2) is 27.8 Å². The van der Waals surface area contributed by atoms with Gasteiger partial charge in [-0.25, -0.2) is 9.67 Å². The number of nitrogens with zero attached hydrogens (tertiary/aromatic N) is 5. The Morgan fingerprint density at radius 2 is 1.66 bits per heavy atom. The molecule has 5 aromatic rings. The molecule has 1 aliphatic carbocycles. The van der Waals surface area contributed by atoms with Crippen LogP contribution in [0.25, 0.3) is 11.2 Å². The quantitative estimate of drug-likeness (QED) is 0.101. The smallest absolute Gasteiger partial charge is 0.254 e. The van der Waals surface area contributed by atoms with Crippen LogP contribution in [-0.2, 0) is 19.5 Å². The van der Waals surface area contributed by atoms with Crippen LogP contribution in [0.3, 0.4) is 0 Å². The van der Waals surface area contributed by atoms with Crippen molar-refractivity contribution in [1.82, 2.24) is 30.3 Å². The zero-order chi connectivity index (χ0) is 30.3. The van der Waals surface area contributed by atoms with Gasteiger partial charge in [-0.2, -0.15) is 4.98 Å². The molecule has 0 aliphatic heterocycles. The summed E-state index contributed by atoms with van der Waals surface area (Å²) >= 11 is 1.59. The minimum atomic E-state index is 0.328. The number of hydrogen-bond acceptors (Lipinski definition) is 9. The SMILES string of the molecule is CCCSc1nc(Oc2c(OC)cc(CN[C@@H]3C[C@H]3c3ccccc3)cc2OC)c2nnn(CCCc3ccccc3)c2n1. The summed E-state index contributed by atoms with van der Waals surface area (Å²) in [7, 11) is 3.26. The fraction of sp³-hybridized carbons (Fsp3) is 0.353. The monoisotopic (exact) mass is 610 g/mol. The normalized spacial score (nSPS) is 15.8. The van der Waals surface area contributed by atoms with Crippen molar-refractivity contribution in [3.05, 3.63) is 89.5 Å². The molecule has 0 amide bonds. The summed E-state index contributed by atoms with van der Waals surface area (Å²) in [6, 6.07) is 25.5. The molecule has 1 fully saturated rings. The van der Waals surface area contributed by atoms with Crippen molar-refractivity contribution in [1.29, 1.82) is 0 Å². The van der Waals surface area contributed by atoms with Crippen molar-refractivity contribution in [3.63, 3.8) is 0 Å². The highest BCUT2D eigenvalue weighted by Gasteiger charge is 2.37. The molecule has 2 atom stereocenters. The van der Waals surface area contributed by atoms with Gasteiger partial charge >= 0.3 is 0 Å². The number of methoxy groups -OCH3 is 2. The Hall–Kier alpha value is -4.15. The van der Waals surface area contributed by atoms with Gasteiger partial charge in [0.2, 0.25) is 5.75 Å². The predicted molar refractivity (Wildman–Crippen MR) is 173 cm³/mol. The van der Waals surface area contributed by atoms with Crippen molar-refractivity contribution in [3.8, 4) is 23.1 Å². The molecule has 10 heteroatoms. The van der Waals surface area contributed by atoms with Crippen LogP contribution in [0.4, 0.5) is 0 Å². The molecule has 9 nitrogen and oxygen atoms in total. The van der Waals surface area contributed by atoms with Crippen molar-refractivity contribution in [2.75, 3.05) is 20.0 Å². The predicted octanol–water partition coefficient (Wildman–Crippen LogP) is 6.81. The number of benzene rings is 3. The number of ether oxygens (including phenoxy) is 3. The van der Waals surface area contributed by atoms with E-state index in [9.17, 15) is 0 Å². The second-order valence-corrected chi connectivity index (χ2v) is 12.0. The van der Waals surface area contributed by atoms with Gasteiger partial charge in [0, 0.05) is 30.8 Å². The van der Waals surface area contributed by atoms with Crippen molar-refractivity contribution in [2.45, 2.75) is 62.8 Å². The van der Waals surface area contributed by atoms with Crippen molar-refractivity contribution < 1.29 is 14.2 Å². The van der Waals surface area contributed by atoms with Crippen molar-refractivity contribution in [2.24, 2.45) is 0 Å². The Morgan fingerprint density at radius 3 is 2.36 bits per heavy atom. The Labute approximate surface area is 262 Å². The summed E-state index contributed by atoms with van der Waals surface area (Å²) < 4.78 is 19.9. The van der Waals surface area contributed by atoms with Gasteiger partial charge in [-0.1, -0.05) is 84.6 Å². The van der Waals surface area contributed by atoms with Crippen LogP contribution in [0.5, 0.6) is 23.1 Å². The van der Waals surface area contributed by atoms with Gasteiger partial charge in [-0.3, -0.25) is 0 Å². The second-order valence-electron chi connectivity index (χ2n) is 10.9. The molecular weight excluding hydrogens is 572 g/mol. The van der Waals surface area contributed by atoms with Crippen LogP contribution < -0.4 is 19.5 Å². The van der Waals surface area contributed by atoms with Crippen LogP contribution in [0.1, 0.15) is 48.8 Å². The maximum absolute atomic E-state index is 6.46. The highest BCUT2D eigenvalue weighted by Crippen LogP contribution is 2.44. The molecular formula is C34H38N6O3S. The number of rotatable bonds is 15. The van der Waals surface area contributed by atoms with Crippen LogP contribution >= 0.6 is 11.8 Å². The number of nitrogens with one attached hydrogen (secondary N) is 1. The number of hydrogen-bond donors (Lipinski definition) is 1. The Balaban J connectivity index is 1.22. The van der Waals surface area contributed by atoms with Gasteiger partial charge < -0.3 is 19.5 Å². The molecule has 228 valence electrons. The van der Waals surface area contributed by atoms with E-state index in [0.717, 1.165) is 37.0 Å². The first-order chi connectivity index (χ1) is 21.7. The fourth-order valence-electron chi connectivity index (χ4n) is 5.34. The Morgan fingerprint density at radius 1 is 0.932 bits per heavy atom. The van der Waals surface area contributed by atoms with Gasteiger partial charge in [0.05, 0.1) is 14.2 Å². The van der Waals surface area contributed by atoms with Gasteiger partial charge in [-0.05, 0) is 54.5 Å². The minimum absolute atomic E-state index is 0.328. The van der Waals surface area contributed by atoms with E-state index in [-0.39, 0.29) is 0 Å². The van der Waals surface area contributed by atoms with E-state index >= 15 is 0 Å².